The van der Waals surface area contributed by atoms with Crippen LogP contribution in [0, 0.1) is 6.92 Å². The van der Waals surface area contributed by atoms with Crippen molar-refractivity contribution in [1.29, 1.82) is 0 Å². The van der Waals surface area contributed by atoms with Gasteiger partial charge in [-0.25, -0.2) is 4.98 Å². The fourth-order valence-corrected chi connectivity index (χ4v) is 2.48. The van der Waals surface area contributed by atoms with E-state index in [2.05, 4.69) is 53.1 Å². The second-order valence-electron chi connectivity index (χ2n) is 5.57. The van der Waals surface area contributed by atoms with Crippen LogP contribution in [-0.4, -0.2) is 49.7 Å². The average Bonchev–Trinajstić information content (AvgIpc) is 2.76. The van der Waals surface area contributed by atoms with Crippen molar-refractivity contribution in [3.8, 4) is 0 Å². The van der Waals surface area contributed by atoms with E-state index in [4.69, 9.17) is 0 Å². The number of aryl methyl sites for hydroxylation is 1. The van der Waals surface area contributed by atoms with Gasteiger partial charge >= 0.3 is 0 Å². The number of anilines is 1. The second-order valence-corrected chi connectivity index (χ2v) is 5.57. The molecule has 0 saturated heterocycles. The highest BCUT2D eigenvalue weighted by molar-refractivity contribution is 5.61. The van der Waals surface area contributed by atoms with Crippen LogP contribution in [0.3, 0.4) is 0 Å². The molecule has 0 radical (unpaired) electrons. The lowest BCUT2D eigenvalue weighted by Crippen LogP contribution is -2.40. The minimum Gasteiger partial charge on any atom is -0.366 e. The Balaban J connectivity index is 2.03. The van der Waals surface area contributed by atoms with Gasteiger partial charge in [-0.3, -0.25) is 9.30 Å². The van der Waals surface area contributed by atoms with Gasteiger partial charge in [-0.15, -0.1) is 10.2 Å². The molecule has 0 unspecified atom stereocenters. The van der Waals surface area contributed by atoms with Gasteiger partial charge in [0.05, 0.1) is 0 Å². The molecular weight excluding hydrogens is 252 g/mol. The molecule has 0 aliphatic heterocycles. The Morgan fingerprint density at radius 3 is 2.55 bits per heavy atom. The summed E-state index contributed by atoms with van der Waals surface area (Å²) in [5.74, 6) is 1.66. The van der Waals surface area contributed by atoms with E-state index in [1.165, 1.54) is 0 Å². The Kier molecular flexibility index (Phi) is 4.54. The van der Waals surface area contributed by atoms with Crippen molar-refractivity contribution < 1.29 is 0 Å². The number of nitrogens with zero attached hydrogens (tertiary/aromatic N) is 5. The first kappa shape index (κ1) is 14.7. The molecule has 0 spiro atoms. The average molecular weight is 276 g/mol. The van der Waals surface area contributed by atoms with E-state index in [9.17, 15) is 0 Å². The predicted octanol–water partition coefficient (Wildman–Crippen LogP) is 1.96. The van der Waals surface area contributed by atoms with Crippen LogP contribution in [0.1, 0.15) is 33.5 Å². The standard InChI is InChI=1S/C14H24N6/c1-10(2)19(11(3)4)8-6-15-13-14-18-17-12(5)20(14)9-7-16-13/h7,9-11H,6,8H2,1-5H3,(H,15,16). The SMILES string of the molecule is Cc1nnc2c(NCCN(C(C)C)C(C)C)nccn12. The summed E-state index contributed by atoms with van der Waals surface area (Å²) in [6.07, 6.45) is 3.65. The molecule has 6 heteroatoms. The molecule has 20 heavy (non-hydrogen) atoms. The number of nitrogens with one attached hydrogen (secondary N) is 1. The van der Waals surface area contributed by atoms with E-state index < -0.39 is 0 Å². The minimum atomic E-state index is 0.538. The molecule has 0 saturated carbocycles. The van der Waals surface area contributed by atoms with Crippen molar-refractivity contribution in [3.63, 3.8) is 0 Å². The maximum absolute atomic E-state index is 4.35. The summed E-state index contributed by atoms with van der Waals surface area (Å²) in [7, 11) is 0. The first-order chi connectivity index (χ1) is 9.50. The normalized spacial score (nSPS) is 12.0. The smallest absolute Gasteiger partial charge is 0.203 e. The highest BCUT2D eigenvalue weighted by Crippen LogP contribution is 2.12. The Morgan fingerprint density at radius 1 is 1.20 bits per heavy atom. The van der Waals surface area contributed by atoms with Crippen molar-refractivity contribution in [1.82, 2.24) is 24.5 Å². The molecule has 110 valence electrons. The van der Waals surface area contributed by atoms with Crippen molar-refractivity contribution in [2.45, 2.75) is 46.7 Å². The lowest BCUT2D eigenvalue weighted by molar-refractivity contribution is 0.182. The molecule has 0 aromatic carbocycles. The minimum absolute atomic E-state index is 0.538. The van der Waals surface area contributed by atoms with Gasteiger partial charge in [0.2, 0.25) is 5.65 Å². The monoisotopic (exact) mass is 276 g/mol. The van der Waals surface area contributed by atoms with Crippen LogP contribution in [0.25, 0.3) is 5.65 Å². The molecule has 0 atom stereocenters. The second kappa shape index (κ2) is 6.17. The van der Waals surface area contributed by atoms with E-state index in [0.29, 0.717) is 12.1 Å². The number of hydrogen-bond acceptors (Lipinski definition) is 5. The molecule has 0 bridgehead atoms. The van der Waals surface area contributed by atoms with Gasteiger partial charge in [0.1, 0.15) is 5.82 Å². The zero-order chi connectivity index (χ0) is 14.7. The summed E-state index contributed by atoms with van der Waals surface area (Å²) in [6, 6.07) is 1.08. The predicted molar refractivity (Wildman–Crippen MR) is 81.0 cm³/mol. The molecule has 0 aliphatic carbocycles. The fourth-order valence-electron chi connectivity index (χ4n) is 2.48. The van der Waals surface area contributed by atoms with Crippen LogP contribution in [-0.2, 0) is 0 Å². The molecule has 1 N–H and O–H groups in total. The molecule has 0 fully saturated rings. The van der Waals surface area contributed by atoms with Crippen LogP contribution < -0.4 is 5.32 Å². The van der Waals surface area contributed by atoms with Crippen LogP contribution in [0.5, 0.6) is 0 Å². The maximum atomic E-state index is 4.35. The third-order valence-electron chi connectivity index (χ3n) is 3.49. The fraction of sp³-hybridized carbons (Fsp3) is 0.643. The van der Waals surface area contributed by atoms with E-state index >= 15 is 0 Å². The first-order valence-electron chi connectivity index (χ1n) is 7.16. The van der Waals surface area contributed by atoms with Crippen molar-refractivity contribution in [3.05, 3.63) is 18.2 Å². The molecule has 2 aromatic rings. The number of aromatic nitrogens is 4. The number of hydrogen-bond donors (Lipinski definition) is 1. The highest BCUT2D eigenvalue weighted by Gasteiger charge is 2.13. The lowest BCUT2D eigenvalue weighted by Gasteiger charge is -2.30. The number of rotatable bonds is 6. The molecule has 6 nitrogen and oxygen atoms in total. The topological polar surface area (TPSA) is 58.4 Å². The molecule has 2 rings (SSSR count). The largest absolute Gasteiger partial charge is 0.366 e. The van der Waals surface area contributed by atoms with Crippen LogP contribution >= 0.6 is 0 Å². The Morgan fingerprint density at radius 2 is 1.90 bits per heavy atom. The molecular formula is C14H24N6. The molecule has 2 heterocycles. The van der Waals surface area contributed by atoms with Crippen LogP contribution in [0.4, 0.5) is 5.82 Å². The molecule has 0 amide bonds. The molecule has 2 aromatic heterocycles. The summed E-state index contributed by atoms with van der Waals surface area (Å²) < 4.78 is 1.94. The first-order valence-corrected chi connectivity index (χ1v) is 7.16. The van der Waals surface area contributed by atoms with E-state index in [0.717, 1.165) is 30.4 Å². The van der Waals surface area contributed by atoms with Gasteiger partial charge < -0.3 is 5.32 Å². The van der Waals surface area contributed by atoms with Crippen molar-refractivity contribution >= 4 is 11.5 Å². The maximum Gasteiger partial charge on any atom is 0.203 e. The Bertz CT molecular complexity index is 552. The third-order valence-corrected chi connectivity index (χ3v) is 3.49. The molecule has 0 aliphatic rings. The van der Waals surface area contributed by atoms with Gasteiger partial charge in [-0.05, 0) is 34.6 Å². The zero-order valence-corrected chi connectivity index (χ0v) is 13.0. The Hall–Kier alpha value is -1.69. The zero-order valence-electron chi connectivity index (χ0n) is 13.0. The van der Waals surface area contributed by atoms with Crippen molar-refractivity contribution in [2.75, 3.05) is 18.4 Å². The van der Waals surface area contributed by atoms with E-state index in [1.54, 1.807) is 6.20 Å². The van der Waals surface area contributed by atoms with Gasteiger partial charge in [-0.2, -0.15) is 0 Å². The summed E-state index contributed by atoms with van der Waals surface area (Å²) >= 11 is 0. The highest BCUT2D eigenvalue weighted by atomic mass is 15.3. The van der Waals surface area contributed by atoms with Gasteiger partial charge in [0, 0.05) is 37.6 Å². The van der Waals surface area contributed by atoms with Crippen LogP contribution in [0.15, 0.2) is 12.4 Å². The van der Waals surface area contributed by atoms with Gasteiger partial charge in [-0.1, -0.05) is 0 Å². The summed E-state index contributed by atoms with van der Waals surface area (Å²) in [5, 5.41) is 11.6. The summed E-state index contributed by atoms with van der Waals surface area (Å²) in [4.78, 5) is 6.80. The lowest BCUT2D eigenvalue weighted by atomic mass is 10.2. The van der Waals surface area contributed by atoms with Gasteiger partial charge in [0.25, 0.3) is 0 Å². The van der Waals surface area contributed by atoms with Crippen LogP contribution in [0.2, 0.25) is 0 Å². The third kappa shape index (κ3) is 3.07. The Labute approximate surface area is 120 Å². The summed E-state index contributed by atoms with van der Waals surface area (Å²) in [6.45, 7) is 12.6. The number of fused-ring (bicyclic) bond motifs is 1. The summed E-state index contributed by atoms with van der Waals surface area (Å²) in [5.41, 5.74) is 0.783. The van der Waals surface area contributed by atoms with Crippen molar-refractivity contribution in [2.24, 2.45) is 0 Å². The van der Waals surface area contributed by atoms with E-state index in [-0.39, 0.29) is 0 Å². The van der Waals surface area contributed by atoms with Gasteiger partial charge in [0.15, 0.2) is 5.82 Å². The van der Waals surface area contributed by atoms with E-state index in [1.807, 2.05) is 17.5 Å². The quantitative estimate of drug-likeness (QED) is 0.874.